The topological polar surface area (TPSA) is 0 Å². The van der Waals surface area contributed by atoms with E-state index in [1.165, 1.54) is 35.0 Å². The highest BCUT2D eigenvalue weighted by Gasteiger charge is 2.48. The van der Waals surface area contributed by atoms with Crippen LogP contribution in [-0.2, 0) is 0 Å². The summed E-state index contributed by atoms with van der Waals surface area (Å²) in [6.07, 6.45) is 12.9. The van der Waals surface area contributed by atoms with Crippen molar-refractivity contribution in [1.82, 2.24) is 0 Å². The molecule has 1 heteroatoms. The number of fused-ring (bicyclic) bond motifs is 4. The Morgan fingerprint density at radius 1 is 0.688 bits per heavy atom. The minimum absolute atomic E-state index is 0.388. The molecule has 4 aliphatic rings. The number of hydrogen-bond donors (Lipinski definition) is 0. The van der Waals surface area contributed by atoms with Gasteiger partial charge < -0.3 is 0 Å². The Bertz CT molecular complexity index is 259. The van der Waals surface area contributed by atoms with Gasteiger partial charge in [-0.25, -0.2) is 0 Å². The molecule has 0 aromatic rings. The summed E-state index contributed by atoms with van der Waals surface area (Å²) in [6, 6.07) is 0. The molecule has 6 unspecified atom stereocenters. The zero-order chi connectivity index (χ0) is 10.7. The van der Waals surface area contributed by atoms with Crippen molar-refractivity contribution in [3.63, 3.8) is 0 Å². The highest BCUT2D eigenvalue weighted by Crippen LogP contribution is 2.65. The van der Waals surface area contributed by atoms with Crippen molar-refractivity contribution in [3.05, 3.63) is 0 Å². The maximum atomic E-state index is 2.69. The molecule has 0 saturated heterocycles. The third kappa shape index (κ3) is 1.45. The van der Waals surface area contributed by atoms with E-state index >= 15 is 0 Å². The first-order valence-electron chi connectivity index (χ1n) is 7.53. The molecule has 4 saturated carbocycles. The molecule has 0 spiro atoms. The predicted molar refractivity (Wildman–Crippen MR) is 71.3 cm³/mol. The highest BCUT2D eigenvalue weighted by molar-refractivity contribution is 7.58. The van der Waals surface area contributed by atoms with Gasteiger partial charge in [0.05, 0.1) is 0 Å². The van der Waals surface area contributed by atoms with E-state index < -0.39 is 0 Å². The Balaban J connectivity index is 1.48. The maximum Gasteiger partial charge on any atom is -0.0178 e. The molecule has 0 N–H and O–H groups in total. The van der Waals surface area contributed by atoms with Crippen molar-refractivity contribution in [3.8, 4) is 0 Å². The lowest BCUT2D eigenvalue weighted by atomic mass is 9.99. The van der Waals surface area contributed by atoms with Crippen molar-refractivity contribution < 1.29 is 0 Å². The average Bonchev–Trinajstić information content (AvgIpc) is 3.06. The lowest BCUT2D eigenvalue weighted by Crippen LogP contribution is -2.24. The van der Waals surface area contributed by atoms with E-state index in [4.69, 9.17) is 0 Å². The van der Waals surface area contributed by atoms with E-state index in [1.54, 1.807) is 51.4 Å². The second-order valence-corrected chi connectivity index (χ2v) is 9.81. The Labute approximate surface area is 101 Å². The van der Waals surface area contributed by atoms with E-state index in [9.17, 15) is 0 Å². The second-order valence-electron chi connectivity index (χ2n) is 7.15. The maximum absolute atomic E-state index is 2.69. The van der Waals surface area contributed by atoms with Crippen LogP contribution in [0.15, 0.2) is 0 Å². The second kappa shape index (κ2) is 3.71. The van der Waals surface area contributed by atoms with Gasteiger partial charge in [-0.15, -0.1) is 7.92 Å². The summed E-state index contributed by atoms with van der Waals surface area (Å²) in [4.78, 5) is 0. The largest absolute Gasteiger partial charge is 0.103 e. The van der Waals surface area contributed by atoms with Crippen molar-refractivity contribution in [2.24, 2.45) is 23.7 Å². The van der Waals surface area contributed by atoms with Gasteiger partial charge in [0.1, 0.15) is 0 Å². The molecular formula is C15H25P. The molecule has 0 heterocycles. The normalized spacial score (nSPS) is 56.1. The summed E-state index contributed by atoms with van der Waals surface area (Å²) in [6.45, 7) is 2.69. The van der Waals surface area contributed by atoms with Gasteiger partial charge in [0, 0.05) is 0 Å². The fourth-order valence-corrected chi connectivity index (χ4v) is 9.29. The van der Waals surface area contributed by atoms with Crippen molar-refractivity contribution >= 4 is 7.92 Å². The van der Waals surface area contributed by atoms with Gasteiger partial charge in [0.15, 0.2) is 0 Å². The first-order valence-corrected chi connectivity index (χ1v) is 9.46. The Hall–Kier alpha value is 0.430. The molecule has 4 aliphatic carbocycles. The van der Waals surface area contributed by atoms with Crippen LogP contribution >= 0.6 is 7.92 Å². The minimum atomic E-state index is 0.388. The lowest BCUT2D eigenvalue weighted by Gasteiger charge is -2.36. The molecule has 90 valence electrons. The van der Waals surface area contributed by atoms with Crippen LogP contribution in [0.3, 0.4) is 0 Å². The summed E-state index contributed by atoms with van der Waals surface area (Å²) in [5, 5.41) is 0. The standard InChI is InChI=1S/C15H25P/c1-16(14-8-10-2-4-12(14)6-10)15-9-11-3-5-13(15)7-11/h10-15H,2-9H2,1H3. The van der Waals surface area contributed by atoms with Crippen LogP contribution in [0.4, 0.5) is 0 Å². The molecule has 0 nitrogen and oxygen atoms in total. The summed E-state index contributed by atoms with van der Waals surface area (Å²) in [5.41, 5.74) is 2.41. The van der Waals surface area contributed by atoms with Gasteiger partial charge in [-0.3, -0.25) is 0 Å². The number of hydrogen-bond acceptors (Lipinski definition) is 0. The average molecular weight is 236 g/mol. The molecule has 16 heavy (non-hydrogen) atoms. The van der Waals surface area contributed by atoms with Gasteiger partial charge >= 0.3 is 0 Å². The van der Waals surface area contributed by atoms with Crippen molar-refractivity contribution in [2.45, 2.75) is 62.7 Å². The van der Waals surface area contributed by atoms with Crippen molar-refractivity contribution in [2.75, 3.05) is 6.66 Å². The summed E-state index contributed by atoms with van der Waals surface area (Å²) in [7, 11) is 0.388. The quantitative estimate of drug-likeness (QED) is 0.620. The van der Waals surface area contributed by atoms with E-state index in [0.717, 1.165) is 0 Å². The molecular weight excluding hydrogens is 211 g/mol. The minimum Gasteiger partial charge on any atom is -0.103 e. The van der Waals surface area contributed by atoms with Crippen LogP contribution in [0, 0.1) is 23.7 Å². The van der Waals surface area contributed by atoms with Crippen molar-refractivity contribution in [1.29, 1.82) is 0 Å². The predicted octanol–water partition coefficient (Wildman–Crippen LogP) is 4.48. The molecule has 6 atom stereocenters. The zero-order valence-electron chi connectivity index (χ0n) is 10.6. The molecule has 0 aromatic carbocycles. The smallest absolute Gasteiger partial charge is 0.0178 e. The van der Waals surface area contributed by atoms with Crippen LogP contribution in [0.25, 0.3) is 0 Å². The first-order chi connectivity index (χ1) is 7.81. The van der Waals surface area contributed by atoms with E-state index in [2.05, 4.69) is 6.66 Å². The van der Waals surface area contributed by atoms with Crippen LogP contribution < -0.4 is 0 Å². The monoisotopic (exact) mass is 236 g/mol. The molecule has 0 amide bonds. The third-order valence-corrected chi connectivity index (χ3v) is 9.81. The van der Waals surface area contributed by atoms with Crippen LogP contribution in [0.2, 0.25) is 0 Å². The van der Waals surface area contributed by atoms with E-state index in [-0.39, 0.29) is 0 Å². The van der Waals surface area contributed by atoms with Crippen LogP contribution in [0.1, 0.15) is 51.4 Å². The molecule has 4 bridgehead atoms. The molecule has 4 fully saturated rings. The SMILES string of the molecule is CP(C1CC2CCC1C2)C1CC2CCC1C2. The Morgan fingerprint density at radius 3 is 1.50 bits per heavy atom. The molecule has 4 rings (SSSR count). The molecule has 0 radical (unpaired) electrons. The van der Waals surface area contributed by atoms with Gasteiger partial charge in [-0.1, -0.05) is 12.8 Å². The van der Waals surface area contributed by atoms with Gasteiger partial charge in [-0.05, 0) is 80.2 Å². The highest BCUT2D eigenvalue weighted by atomic mass is 31.1. The fraction of sp³-hybridized carbons (Fsp3) is 1.00. The van der Waals surface area contributed by atoms with Crippen LogP contribution in [-0.4, -0.2) is 18.0 Å². The number of rotatable bonds is 2. The van der Waals surface area contributed by atoms with Gasteiger partial charge in [0.25, 0.3) is 0 Å². The Kier molecular flexibility index (Phi) is 2.40. The summed E-state index contributed by atoms with van der Waals surface area (Å²) >= 11 is 0. The third-order valence-electron chi connectivity index (χ3n) is 6.45. The van der Waals surface area contributed by atoms with Gasteiger partial charge in [0.2, 0.25) is 0 Å². The first kappa shape index (κ1) is 10.4. The van der Waals surface area contributed by atoms with Gasteiger partial charge in [-0.2, -0.15) is 0 Å². The lowest BCUT2D eigenvalue weighted by molar-refractivity contribution is 0.462. The van der Waals surface area contributed by atoms with Crippen LogP contribution in [0.5, 0.6) is 0 Å². The summed E-state index contributed by atoms with van der Waals surface area (Å²) in [5.74, 6) is 4.69. The Morgan fingerprint density at radius 2 is 1.19 bits per heavy atom. The zero-order valence-corrected chi connectivity index (χ0v) is 11.5. The molecule has 0 aromatic heterocycles. The molecule has 0 aliphatic heterocycles. The van der Waals surface area contributed by atoms with E-state index in [1.807, 2.05) is 0 Å². The van der Waals surface area contributed by atoms with E-state index in [0.29, 0.717) is 7.92 Å². The fourth-order valence-electron chi connectivity index (χ4n) is 5.67. The summed E-state index contributed by atoms with van der Waals surface area (Å²) < 4.78 is 0.